The third-order valence-electron chi connectivity index (χ3n) is 3.30. The zero-order valence-corrected chi connectivity index (χ0v) is 12.7. The maximum absolute atomic E-state index is 14.2. The molecule has 3 rings (SSSR count). The highest BCUT2D eigenvalue weighted by Crippen LogP contribution is 2.32. The molecule has 3 aromatic rings. The Balaban J connectivity index is 1.96. The van der Waals surface area contributed by atoms with Crippen LogP contribution >= 0.6 is 15.9 Å². The van der Waals surface area contributed by atoms with Gasteiger partial charge in [0.05, 0.1) is 4.47 Å². The quantitative estimate of drug-likeness (QED) is 0.725. The Kier molecular flexibility index (Phi) is 3.90. The molecule has 21 heavy (non-hydrogen) atoms. The predicted molar refractivity (Wildman–Crippen MR) is 86.0 cm³/mol. The molecule has 0 aromatic heterocycles. The number of ether oxygens (including phenoxy) is 1. The van der Waals surface area contributed by atoms with Crippen molar-refractivity contribution in [1.82, 2.24) is 0 Å². The third-order valence-corrected chi connectivity index (χ3v) is 4.15. The molecule has 0 bridgehead atoms. The van der Waals surface area contributed by atoms with Crippen molar-refractivity contribution in [3.8, 4) is 11.5 Å². The summed E-state index contributed by atoms with van der Waals surface area (Å²) in [5, 5.41) is 2.16. The van der Waals surface area contributed by atoms with E-state index in [9.17, 15) is 4.39 Å². The molecule has 4 heteroatoms. The van der Waals surface area contributed by atoms with E-state index in [1.165, 1.54) is 0 Å². The molecule has 2 N–H and O–H groups in total. The molecule has 0 amide bonds. The first-order valence-corrected chi connectivity index (χ1v) is 7.32. The fourth-order valence-corrected chi connectivity index (χ4v) is 2.66. The first-order chi connectivity index (χ1) is 10.2. The Morgan fingerprint density at radius 3 is 2.52 bits per heavy atom. The summed E-state index contributed by atoms with van der Waals surface area (Å²) in [6.45, 7) is 0.272. The van der Waals surface area contributed by atoms with Crippen LogP contribution in [0.2, 0.25) is 0 Å². The van der Waals surface area contributed by atoms with E-state index in [1.54, 1.807) is 12.1 Å². The maximum atomic E-state index is 14.2. The summed E-state index contributed by atoms with van der Waals surface area (Å²) in [6, 6.07) is 17.0. The predicted octanol–water partition coefficient (Wildman–Crippen LogP) is 4.99. The zero-order chi connectivity index (χ0) is 14.8. The summed E-state index contributed by atoms with van der Waals surface area (Å²) < 4.78 is 20.2. The van der Waals surface area contributed by atoms with Crippen molar-refractivity contribution in [2.24, 2.45) is 5.73 Å². The third kappa shape index (κ3) is 2.77. The first kappa shape index (κ1) is 14.0. The van der Waals surface area contributed by atoms with Gasteiger partial charge in [0.2, 0.25) is 0 Å². The van der Waals surface area contributed by atoms with Crippen LogP contribution in [0.5, 0.6) is 11.5 Å². The van der Waals surface area contributed by atoms with E-state index in [1.807, 2.05) is 42.5 Å². The zero-order valence-electron chi connectivity index (χ0n) is 11.1. The molecule has 3 aromatic carbocycles. The van der Waals surface area contributed by atoms with Gasteiger partial charge in [-0.15, -0.1) is 0 Å². The Bertz CT molecular complexity index is 804. The minimum absolute atomic E-state index is 0.175. The lowest BCUT2D eigenvalue weighted by Gasteiger charge is -2.10. The van der Waals surface area contributed by atoms with Crippen LogP contribution in [0.4, 0.5) is 4.39 Å². The van der Waals surface area contributed by atoms with Crippen LogP contribution < -0.4 is 10.5 Å². The van der Waals surface area contributed by atoms with Crippen molar-refractivity contribution in [1.29, 1.82) is 0 Å². The fourth-order valence-electron chi connectivity index (χ4n) is 2.17. The summed E-state index contributed by atoms with van der Waals surface area (Å²) in [5.74, 6) is 0.334. The van der Waals surface area contributed by atoms with E-state index in [0.717, 1.165) is 10.8 Å². The average Bonchev–Trinajstić information content (AvgIpc) is 2.52. The lowest BCUT2D eigenvalue weighted by Crippen LogP contribution is -2.00. The van der Waals surface area contributed by atoms with E-state index in [0.29, 0.717) is 15.8 Å². The number of hydrogen-bond donors (Lipinski definition) is 1. The second-order valence-electron chi connectivity index (χ2n) is 4.67. The fraction of sp³-hybridized carbons (Fsp3) is 0.0588. The van der Waals surface area contributed by atoms with Crippen molar-refractivity contribution in [2.45, 2.75) is 6.54 Å². The number of benzene rings is 3. The number of fused-ring (bicyclic) bond motifs is 1. The lowest BCUT2D eigenvalue weighted by atomic mass is 10.1. The Hall–Kier alpha value is -1.91. The molecule has 0 radical (unpaired) electrons. The molecule has 2 nitrogen and oxygen atoms in total. The monoisotopic (exact) mass is 345 g/mol. The summed E-state index contributed by atoms with van der Waals surface area (Å²) in [7, 11) is 0. The Morgan fingerprint density at radius 2 is 1.76 bits per heavy atom. The molecule has 0 spiro atoms. The summed E-state index contributed by atoms with van der Waals surface area (Å²) >= 11 is 3.21. The second-order valence-corrected chi connectivity index (χ2v) is 5.46. The highest BCUT2D eigenvalue weighted by atomic mass is 79.9. The van der Waals surface area contributed by atoms with Crippen LogP contribution in [0.1, 0.15) is 5.56 Å². The molecule has 0 saturated heterocycles. The van der Waals surface area contributed by atoms with Crippen LogP contribution in [0.15, 0.2) is 59.1 Å². The van der Waals surface area contributed by atoms with Crippen molar-refractivity contribution in [2.75, 3.05) is 0 Å². The molecule has 0 fully saturated rings. The summed E-state index contributed by atoms with van der Waals surface area (Å²) in [4.78, 5) is 0. The van der Waals surface area contributed by atoms with E-state index < -0.39 is 5.82 Å². The minimum Gasteiger partial charge on any atom is -0.454 e. The van der Waals surface area contributed by atoms with Crippen molar-refractivity contribution in [3.05, 3.63) is 70.5 Å². The smallest absolute Gasteiger partial charge is 0.180 e. The molecule has 106 valence electrons. The van der Waals surface area contributed by atoms with E-state index in [-0.39, 0.29) is 12.3 Å². The number of nitrogens with two attached hydrogens (primary N) is 1. The second kappa shape index (κ2) is 5.84. The van der Waals surface area contributed by atoms with E-state index in [2.05, 4.69) is 15.9 Å². The molecule has 0 unspecified atom stereocenters. The maximum Gasteiger partial charge on any atom is 0.180 e. The SMILES string of the molecule is NCc1ccc(Oc2ccc3ccccc3c2)c(F)c1Br. The van der Waals surface area contributed by atoms with Gasteiger partial charge in [-0.25, -0.2) is 4.39 Å². The van der Waals surface area contributed by atoms with E-state index >= 15 is 0 Å². The minimum atomic E-state index is -0.439. The number of rotatable bonds is 3. The van der Waals surface area contributed by atoms with Gasteiger partial charge in [0.1, 0.15) is 5.75 Å². The van der Waals surface area contributed by atoms with Gasteiger partial charge in [-0.2, -0.15) is 0 Å². The van der Waals surface area contributed by atoms with Crippen LogP contribution in [0.25, 0.3) is 10.8 Å². The molecular weight excluding hydrogens is 333 g/mol. The van der Waals surface area contributed by atoms with Gasteiger partial charge in [-0.3, -0.25) is 0 Å². The largest absolute Gasteiger partial charge is 0.454 e. The molecule has 0 heterocycles. The van der Waals surface area contributed by atoms with Gasteiger partial charge in [0.15, 0.2) is 11.6 Å². The molecule has 0 aliphatic rings. The summed E-state index contributed by atoms with van der Waals surface area (Å²) in [5.41, 5.74) is 6.25. The van der Waals surface area contributed by atoms with Gasteiger partial charge in [0.25, 0.3) is 0 Å². The Labute approximate surface area is 130 Å². The summed E-state index contributed by atoms with van der Waals surface area (Å²) in [6.07, 6.45) is 0. The highest BCUT2D eigenvalue weighted by Gasteiger charge is 2.12. The molecule has 0 atom stereocenters. The van der Waals surface area contributed by atoms with Crippen LogP contribution in [-0.4, -0.2) is 0 Å². The number of hydrogen-bond acceptors (Lipinski definition) is 2. The van der Waals surface area contributed by atoms with Gasteiger partial charge in [-0.1, -0.05) is 36.4 Å². The van der Waals surface area contributed by atoms with Gasteiger partial charge < -0.3 is 10.5 Å². The van der Waals surface area contributed by atoms with Crippen LogP contribution in [0, 0.1) is 5.82 Å². The van der Waals surface area contributed by atoms with Gasteiger partial charge in [0, 0.05) is 6.54 Å². The molecule has 0 aliphatic heterocycles. The van der Waals surface area contributed by atoms with Gasteiger partial charge >= 0.3 is 0 Å². The highest BCUT2D eigenvalue weighted by molar-refractivity contribution is 9.10. The molecule has 0 saturated carbocycles. The van der Waals surface area contributed by atoms with Crippen LogP contribution in [0.3, 0.4) is 0 Å². The van der Waals surface area contributed by atoms with Crippen molar-refractivity contribution >= 4 is 26.7 Å². The lowest BCUT2D eigenvalue weighted by molar-refractivity contribution is 0.440. The topological polar surface area (TPSA) is 35.2 Å². The molecular formula is C17H13BrFNO. The Morgan fingerprint density at radius 1 is 1.00 bits per heavy atom. The van der Waals surface area contributed by atoms with Gasteiger partial charge in [-0.05, 0) is 50.5 Å². The van der Waals surface area contributed by atoms with Crippen LogP contribution in [-0.2, 0) is 6.54 Å². The molecule has 0 aliphatic carbocycles. The van der Waals surface area contributed by atoms with Crippen molar-refractivity contribution in [3.63, 3.8) is 0 Å². The first-order valence-electron chi connectivity index (χ1n) is 6.52. The number of halogens is 2. The van der Waals surface area contributed by atoms with Crippen molar-refractivity contribution < 1.29 is 9.13 Å². The normalized spacial score (nSPS) is 10.8. The van der Waals surface area contributed by atoms with E-state index in [4.69, 9.17) is 10.5 Å². The average molecular weight is 346 g/mol. The standard InChI is InChI=1S/C17H13BrFNO/c18-16-13(10-20)6-8-15(17(16)19)21-14-7-5-11-3-1-2-4-12(11)9-14/h1-9H,10,20H2.